The van der Waals surface area contributed by atoms with Crippen molar-refractivity contribution >= 4 is 24.0 Å². The molecule has 0 radical (unpaired) electrons. The summed E-state index contributed by atoms with van der Waals surface area (Å²) in [4.78, 5) is 2.06. The minimum Gasteiger partial charge on any atom is -0.396 e. The van der Waals surface area contributed by atoms with E-state index in [4.69, 9.17) is 11.6 Å². The molecule has 1 atom stereocenters. The number of benzene rings is 1. The SMILES string of the molecule is Cl.OCC[C@@H](c1cccc(C(F)(F)F)c1Cl)N1CCNCC1. The van der Waals surface area contributed by atoms with E-state index in [1.807, 2.05) is 0 Å². The summed E-state index contributed by atoms with van der Waals surface area (Å²) >= 11 is 6.00. The van der Waals surface area contributed by atoms with Crippen LogP contribution in [0.2, 0.25) is 5.02 Å². The molecule has 0 aliphatic carbocycles. The lowest BCUT2D eigenvalue weighted by Gasteiger charge is -2.35. The summed E-state index contributed by atoms with van der Waals surface area (Å²) in [5.74, 6) is 0. The van der Waals surface area contributed by atoms with E-state index in [0.717, 1.165) is 32.2 Å². The van der Waals surface area contributed by atoms with E-state index in [0.29, 0.717) is 12.0 Å². The predicted molar refractivity (Wildman–Crippen MR) is 82.6 cm³/mol. The average molecular weight is 359 g/mol. The third-order valence-electron chi connectivity index (χ3n) is 3.69. The highest BCUT2D eigenvalue weighted by Crippen LogP contribution is 2.39. The van der Waals surface area contributed by atoms with Crippen LogP contribution in [-0.2, 0) is 6.18 Å². The third kappa shape index (κ3) is 4.49. The fourth-order valence-electron chi connectivity index (χ4n) is 2.68. The van der Waals surface area contributed by atoms with Crippen molar-refractivity contribution in [3.63, 3.8) is 0 Å². The summed E-state index contributed by atoms with van der Waals surface area (Å²) in [6.07, 6.45) is -4.11. The maximum Gasteiger partial charge on any atom is 0.417 e. The van der Waals surface area contributed by atoms with Crippen molar-refractivity contribution in [2.24, 2.45) is 0 Å². The highest BCUT2D eigenvalue weighted by molar-refractivity contribution is 6.32. The number of alkyl halides is 3. The van der Waals surface area contributed by atoms with Crippen molar-refractivity contribution in [3.05, 3.63) is 34.3 Å². The van der Waals surface area contributed by atoms with Gasteiger partial charge in [0.05, 0.1) is 10.6 Å². The van der Waals surface area contributed by atoms with E-state index < -0.39 is 11.7 Å². The maximum atomic E-state index is 13.0. The van der Waals surface area contributed by atoms with E-state index in [1.165, 1.54) is 6.07 Å². The van der Waals surface area contributed by atoms with Crippen molar-refractivity contribution in [1.82, 2.24) is 10.2 Å². The van der Waals surface area contributed by atoms with Gasteiger partial charge >= 0.3 is 6.18 Å². The van der Waals surface area contributed by atoms with Gasteiger partial charge in [-0.3, -0.25) is 4.90 Å². The molecule has 2 N–H and O–H groups in total. The van der Waals surface area contributed by atoms with Gasteiger partial charge < -0.3 is 10.4 Å². The number of halogens is 5. The average Bonchev–Trinajstić information content (AvgIpc) is 2.45. The second-order valence-electron chi connectivity index (χ2n) is 5.02. The lowest BCUT2D eigenvalue weighted by Crippen LogP contribution is -2.45. The molecule has 0 saturated carbocycles. The molecule has 2 rings (SSSR count). The van der Waals surface area contributed by atoms with Gasteiger partial charge in [-0.2, -0.15) is 13.2 Å². The molecule has 1 aliphatic rings. The van der Waals surface area contributed by atoms with E-state index in [2.05, 4.69) is 10.2 Å². The van der Waals surface area contributed by atoms with E-state index >= 15 is 0 Å². The molecule has 1 heterocycles. The first kappa shape index (κ1) is 19.5. The molecule has 1 aromatic carbocycles. The van der Waals surface area contributed by atoms with Gasteiger partial charge in [-0.25, -0.2) is 0 Å². The second-order valence-corrected chi connectivity index (χ2v) is 5.40. The number of piperazine rings is 1. The highest BCUT2D eigenvalue weighted by Gasteiger charge is 2.35. The van der Waals surface area contributed by atoms with Crippen LogP contribution in [-0.4, -0.2) is 42.8 Å². The number of aliphatic hydroxyl groups is 1. The standard InChI is InChI=1S/C14H18ClF3N2O.ClH/c15-13-10(2-1-3-11(13)14(16,17)18)12(4-9-21)20-7-5-19-6-8-20;/h1-3,12,19,21H,4-9H2;1H/t12-;/m0./s1. The lowest BCUT2D eigenvalue weighted by atomic mass is 9.99. The van der Waals surface area contributed by atoms with Crippen molar-refractivity contribution < 1.29 is 18.3 Å². The van der Waals surface area contributed by atoms with Gasteiger partial charge in [0.25, 0.3) is 0 Å². The van der Waals surface area contributed by atoms with Crippen LogP contribution >= 0.6 is 24.0 Å². The molecule has 0 bridgehead atoms. The minimum atomic E-state index is -4.47. The minimum absolute atomic E-state index is 0. The predicted octanol–water partition coefficient (Wildman–Crippen LogP) is 3.11. The van der Waals surface area contributed by atoms with Crippen LogP contribution in [0.3, 0.4) is 0 Å². The fourth-order valence-corrected chi connectivity index (χ4v) is 3.04. The molecule has 0 unspecified atom stereocenters. The summed E-state index contributed by atoms with van der Waals surface area (Å²) in [6.45, 7) is 2.90. The van der Waals surface area contributed by atoms with Crippen LogP contribution in [0, 0.1) is 0 Å². The number of rotatable bonds is 4. The Morgan fingerprint density at radius 2 is 1.91 bits per heavy atom. The number of nitrogens with one attached hydrogen (secondary N) is 1. The van der Waals surface area contributed by atoms with Gasteiger partial charge in [0.15, 0.2) is 0 Å². The molecular weight excluding hydrogens is 340 g/mol. The summed E-state index contributed by atoms with van der Waals surface area (Å²) in [6, 6.07) is 3.67. The molecule has 1 fully saturated rings. The number of hydrogen-bond donors (Lipinski definition) is 2. The third-order valence-corrected chi connectivity index (χ3v) is 4.11. The molecule has 1 aliphatic heterocycles. The number of nitrogens with zero attached hydrogens (tertiary/aromatic N) is 1. The van der Waals surface area contributed by atoms with Gasteiger partial charge in [0.2, 0.25) is 0 Å². The molecule has 0 amide bonds. The zero-order chi connectivity index (χ0) is 15.5. The van der Waals surface area contributed by atoms with Crippen molar-refractivity contribution in [1.29, 1.82) is 0 Å². The summed E-state index contributed by atoms with van der Waals surface area (Å²) in [5.41, 5.74) is -0.387. The van der Waals surface area contributed by atoms with Gasteiger partial charge in [-0.05, 0) is 18.1 Å². The second kappa shape index (κ2) is 8.36. The topological polar surface area (TPSA) is 35.5 Å². The molecule has 1 aromatic rings. The highest BCUT2D eigenvalue weighted by atomic mass is 35.5. The monoisotopic (exact) mass is 358 g/mol. The quantitative estimate of drug-likeness (QED) is 0.867. The van der Waals surface area contributed by atoms with E-state index in [1.54, 1.807) is 6.07 Å². The molecule has 126 valence electrons. The van der Waals surface area contributed by atoms with Crippen LogP contribution in [0.15, 0.2) is 18.2 Å². The molecule has 0 aromatic heterocycles. The Balaban J connectivity index is 0.00000242. The lowest BCUT2D eigenvalue weighted by molar-refractivity contribution is -0.137. The molecule has 22 heavy (non-hydrogen) atoms. The number of hydrogen-bond acceptors (Lipinski definition) is 3. The van der Waals surface area contributed by atoms with Gasteiger partial charge in [-0.15, -0.1) is 12.4 Å². The Morgan fingerprint density at radius 1 is 1.27 bits per heavy atom. The summed E-state index contributed by atoms with van der Waals surface area (Å²) in [7, 11) is 0. The summed E-state index contributed by atoms with van der Waals surface area (Å²) in [5, 5.41) is 12.2. The van der Waals surface area contributed by atoms with Crippen LogP contribution in [0.25, 0.3) is 0 Å². The summed E-state index contributed by atoms with van der Waals surface area (Å²) < 4.78 is 38.9. The Hall–Kier alpha value is -0.530. The van der Waals surface area contributed by atoms with Gasteiger partial charge in [-0.1, -0.05) is 23.7 Å². The van der Waals surface area contributed by atoms with E-state index in [-0.39, 0.29) is 30.1 Å². The molecule has 8 heteroatoms. The van der Waals surface area contributed by atoms with Crippen molar-refractivity contribution in [2.75, 3.05) is 32.8 Å². The molecular formula is C14H19Cl2F3N2O. The molecule has 0 spiro atoms. The van der Waals surface area contributed by atoms with Crippen LogP contribution in [0.4, 0.5) is 13.2 Å². The first-order valence-corrected chi connectivity index (χ1v) is 7.24. The van der Waals surface area contributed by atoms with E-state index in [9.17, 15) is 18.3 Å². The smallest absolute Gasteiger partial charge is 0.396 e. The Labute approximate surface area is 138 Å². The van der Waals surface area contributed by atoms with Crippen molar-refractivity contribution in [3.8, 4) is 0 Å². The Bertz CT molecular complexity index is 480. The van der Waals surface area contributed by atoms with Crippen molar-refractivity contribution in [2.45, 2.75) is 18.6 Å². The van der Waals surface area contributed by atoms with Crippen LogP contribution in [0.1, 0.15) is 23.6 Å². The Kier molecular flexibility index (Phi) is 7.41. The largest absolute Gasteiger partial charge is 0.417 e. The molecule has 1 saturated heterocycles. The van der Waals surface area contributed by atoms with Gasteiger partial charge in [0.1, 0.15) is 0 Å². The number of aliphatic hydroxyl groups excluding tert-OH is 1. The first-order valence-electron chi connectivity index (χ1n) is 6.86. The van der Waals surface area contributed by atoms with Crippen LogP contribution in [0.5, 0.6) is 0 Å². The zero-order valence-electron chi connectivity index (χ0n) is 11.9. The normalized spacial score (nSPS) is 17.9. The zero-order valence-corrected chi connectivity index (χ0v) is 13.4. The first-order chi connectivity index (χ1) is 9.95. The molecule has 3 nitrogen and oxygen atoms in total. The fraction of sp³-hybridized carbons (Fsp3) is 0.571. The Morgan fingerprint density at radius 3 is 2.45 bits per heavy atom. The van der Waals surface area contributed by atoms with Gasteiger partial charge in [0, 0.05) is 38.8 Å². The van der Waals surface area contributed by atoms with Crippen LogP contribution < -0.4 is 5.32 Å². The maximum absolute atomic E-state index is 13.0.